The van der Waals surface area contributed by atoms with E-state index in [1.165, 1.54) is 5.56 Å². The van der Waals surface area contributed by atoms with Gasteiger partial charge in [-0.25, -0.2) is 0 Å². The first-order valence-electron chi connectivity index (χ1n) is 6.39. The number of nitrogens with zero attached hydrogens (tertiary/aromatic N) is 2. The number of carbonyl (C=O) groups excluding carboxylic acids is 1. The Balaban J connectivity index is 2.24. The molecule has 1 saturated heterocycles. The maximum Gasteiger partial charge on any atom is 0.246 e. The standard InChI is InChI=1S/C15H20N2O/c1-3-7-15(18)17-11-10-16(2)12-14(17)13-8-5-4-6-9-13/h3-9,14H,10-12H2,1-2H3. The summed E-state index contributed by atoms with van der Waals surface area (Å²) < 4.78 is 0. The SMILES string of the molecule is CC=CC(=O)N1CCN(C)CC1c1ccccc1. The highest BCUT2D eigenvalue weighted by Crippen LogP contribution is 2.24. The van der Waals surface area contributed by atoms with Gasteiger partial charge in [0.15, 0.2) is 0 Å². The Kier molecular flexibility index (Phi) is 4.15. The number of likely N-dealkylation sites (N-methyl/N-ethyl adjacent to an activating group) is 1. The minimum absolute atomic E-state index is 0.111. The van der Waals surface area contributed by atoms with Crippen LogP contribution in [-0.4, -0.2) is 42.4 Å². The van der Waals surface area contributed by atoms with Gasteiger partial charge in [0.25, 0.3) is 0 Å². The molecule has 0 aliphatic carbocycles. The van der Waals surface area contributed by atoms with Gasteiger partial charge in [-0.05, 0) is 25.6 Å². The highest BCUT2D eigenvalue weighted by molar-refractivity contribution is 5.88. The van der Waals surface area contributed by atoms with Crippen molar-refractivity contribution in [2.24, 2.45) is 0 Å². The Bertz CT molecular complexity index is 427. The highest BCUT2D eigenvalue weighted by Gasteiger charge is 2.28. The number of hydrogen-bond acceptors (Lipinski definition) is 2. The maximum absolute atomic E-state index is 12.1. The van der Waals surface area contributed by atoms with Crippen LogP contribution in [0.5, 0.6) is 0 Å². The van der Waals surface area contributed by atoms with E-state index in [0.717, 1.165) is 19.6 Å². The zero-order valence-electron chi connectivity index (χ0n) is 11.0. The van der Waals surface area contributed by atoms with E-state index in [2.05, 4.69) is 24.1 Å². The van der Waals surface area contributed by atoms with Crippen LogP contribution in [0, 0.1) is 0 Å². The Morgan fingerprint density at radius 2 is 2.00 bits per heavy atom. The van der Waals surface area contributed by atoms with Gasteiger partial charge in [0, 0.05) is 19.6 Å². The highest BCUT2D eigenvalue weighted by atomic mass is 16.2. The van der Waals surface area contributed by atoms with Gasteiger partial charge in [0.05, 0.1) is 6.04 Å². The minimum atomic E-state index is 0.111. The van der Waals surface area contributed by atoms with Crippen LogP contribution < -0.4 is 0 Å². The lowest BCUT2D eigenvalue weighted by Crippen LogP contribution is -2.48. The summed E-state index contributed by atoms with van der Waals surface area (Å²) in [6.45, 7) is 4.50. The van der Waals surface area contributed by atoms with E-state index in [1.807, 2.05) is 36.1 Å². The van der Waals surface area contributed by atoms with E-state index in [-0.39, 0.29) is 11.9 Å². The monoisotopic (exact) mass is 244 g/mol. The molecular weight excluding hydrogens is 224 g/mol. The summed E-state index contributed by atoms with van der Waals surface area (Å²) in [4.78, 5) is 16.4. The van der Waals surface area contributed by atoms with Crippen molar-refractivity contribution in [3.8, 4) is 0 Å². The summed E-state index contributed by atoms with van der Waals surface area (Å²) >= 11 is 0. The fourth-order valence-corrected chi connectivity index (χ4v) is 2.38. The second-order valence-electron chi connectivity index (χ2n) is 4.72. The lowest BCUT2D eigenvalue weighted by atomic mass is 10.0. The minimum Gasteiger partial charge on any atom is -0.330 e. The van der Waals surface area contributed by atoms with Gasteiger partial charge in [-0.1, -0.05) is 36.4 Å². The number of carbonyl (C=O) groups is 1. The summed E-state index contributed by atoms with van der Waals surface area (Å²) in [5, 5.41) is 0. The molecule has 1 aliphatic rings. The van der Waals surface area contributed by atoms with Gasteiger partial charge in [-0.2, -0.15) is 0 Å². The van der Waals surface area contributed by atoms with Crippen LogP contribution in [-0.2, 0) is 4.79 Å². The van der Waals surface area contributed by atoms with Crippen LogP contribution in [0.3, 0.4) is 0 Å². The largest absolute Gasteiger partial charge is 0.330 e. The molecule has 1 amide bonds. The smallest absolute Gasteiger partial charge is 0.246 e. The molecule has 0 bridgehead atoms. The van der Waals surface area contributed by atoms with Crippen molar-refractivity contribution in [3.05, 3.63) is 48.0 Å². The van der Waals surface area contributed by atoms with Gasteiger partial charge >= 0.3 is 0 Å². The van der Waals surface area contributed by atoms with Gasteiger partial charge in [0.2, 0.25) is 5.91 Å². The number of piperazine rings is 1. The fraction of sp³-hybridized carbons (Fsp3) is 0.400. The van der Waals surface area contributed by atoms with E-state index in [9.17, 15) is 4.79 Å². The first-order chi connectivity index (χ1) is 8.72. The number of allylic oxidation sites excluding steroid dienone is 1. The van der Waals surface area contributed by atoms with E-state index in [4.69, 9.17) is 0 Å². The van der Waals surface area contributed by atoms with Crippen molar-refractivity contribution < 1.29 is 4.79 Å². The van der Waals surface area contributed by atoms with Crippen LogP contribution >= 0.6 is 0 Å². The molecule has 1 aromatic carbocycles. The summed E-state index contributed by atoms with van der Waals surface area (Å²) in [5.74, 6) is 0.111. The van der Waals surface area contributed by atoms with Gasteiger partial charge in [-0.3, -0.25) is 4.79 Å². The van der Waals surface area contributed by atoms with E-state index in [0.29, 0.717) is 0 Å². The van der Waals surface area contributed by atoms with Crippen LogP contribution in [0.15, 0.2) is 42.5 Å². The predicted octanol–water partition coefficient (Wildman–Crippen LogP) is 2.08. The van der Waals surface area contributed by atoms with Crippen molar-refractivity contribution in [2.45, 2.75) is 13.0 Å². The first kappa shape index (κ1) is 12.8. The molecule has 3 nitrogen and oxygen atoms in total. The van der Waals surface area contributed by atoms with Crippen LogP contribution in [0.2, 0.25) is 0 Å². The lowest BCUT2D eigenvalue weighted by Gasteiger charge is -2.39. The molecule has 1 heterocycles. The molecule has 18 heavy (non-hydrogen) atoms. The summed E-state index contributed by atoms with van der Waals surface area (Å²) in [6.07, 6.45) is 3.46. The van der Waals surface area contributed by atoms with E-state index in [1.54, 1.807) is 6.08 Å². The van der Waals surface area contributed by atoms with Gasteiger partial charge in [0.1, 0.15) is 0 Å². The first-order valence-corrected chi connectivity index (χ1v) is 6.39. The Morgan fingerprint density at radius 3 is 2.67 bits per heavy atom. The molecule has 2 rings (SSSR count). The molecule has 0 N–H and O–H groups in total. The average molecular weight is 244 g/mol. The molecule has 1 atom stereocenters. The van der Waals surface area contributed by atoms with Crippen molar-refractivity contribution in [1.29, 1.82) is 0 Å². The zero-order chi connectivity index (χ0) is 13.0. The molecule has 1 aromatic rings. The van der Waals surface area contributed by atoms with E-state index >= 15 is 0 Å². The molecule has 0 spiro atoms. The predicted molar refractivity (Wildman–Crippen MR) is 73.2 cm³/mol. The molecule has 1 aliphatic heterocycles. The third-order valence-corrected chi connectivity index (χ3v) is 3.36. The Labute approximate surface area is 109 Å². The zero-order valence-corrected chi connectivity index (χ0v) is 11.0. The lowest BCUT2D eigenvalue weighted by molar-refractivity contribution is -0.130. The van der Waals surface area contributed by atoms with Crippen LogP contribution in [0.1, 0.15) is 18.5 Å². The Morgan fingerprint density at radius 1 is 1.28 bits per heavy atom. The normalized spacial score (nSPS) is 21.4. The maximum atomic E-state index is 12.1. The quantitative estimate of drug-likeness (QED) is 0.744. The van der Waals surface area contributed by atoms with Gasteiger partial charge in [-0.15, -0.1) is 0 Å². The average Bonchev–Trinajstić information content (AvgIpc) is 2.40. The fourth-order valence-electron chi connectivity index (χ4n) is 2.38. The van der Waals surface area contributed by atoms with Crippen LogP contribution in [0.4, 0.5) is 0 Å². The van der Waals surface area contributed by atoms with Crippen molar-refractivity contribution in [3.63, 3.8) is 0 Å². The molecule has 1 fully saturated rings. The molecule has 0 saturated carbocycles. The number of amides is 1. The third kappa shape index (κ3) is 2.79. The molecule has 0 aromatic heterocycles. The molecule has 3 heteroatoms. The van der Waals surface area contributed by atoms with Crippen molar-refractivity contribution in [1.82, 2.24) is 9.80 Å². The summed E-state index contributed by atoms with van der Waals surface area (Å²) in [5.41, 5.74) is 1.21. The molecule has 0 radical (unpaired) electrons. The Hall–Kier alpha value is -1.61. The topological polar surface area (TPSA) is 23.6 Å². The summed E-state index contributed by atoms with van der Waals surface area (Å²) in [6, 6.07) is 10.4. The number of hydrogen-bond donors (Lipinski definition) is 0. The van der Waals surface area contributed by atoms with Crippen molar-refractivity contribution >= 4 is 5.91 Å². The molecule has 96 valence electrons. The third-order valence-electron chi connectivity index (χ3n) is 3.36. The van der Waals surface area contributed by atoms with E-state index < -0.39 is 0 Å². The second-order valence-corrected chi connectivity index (χ2v) is 4.72. The molecule has 1 unspecified atom stereocenters. The molecular formula is C15H20N2O. The second kappa shape index (κ2) is 5.83. The van der Waals surface area contributed by atoms with Gasteiger partial charge < -0.3 is 9.80 Å². The van der Waals surface area contributed by atoms with Crippen LogP contribution in [0.25, 0.3) is 0 Å². The number of benzene rings is 1. The number of rotatable bonds is 2. The van der Waals surface area contributed by atoms with Crippen molar-refractivity contribution in [2.75, 3.05) is 26.7 Å². The summed E-state index contributed by atoms with van der Waals surface area (Å²) in [7, 11) is 2.10.